The fourth-order valence-corrected chi connectivity index (χ4v) is 5.14. The Morgan fingerprint density at radius 1 is 0.468 bits per heavy atom. The average molecular weight is 748 g/mol. The molecule has 0 atom stereocenters. The highest BCUT2D eigenvalue weighted by Crippen LogP contribution is 2.29. The summed E-state index contributed by atoms with van der Waals surface area (Å²) < 4.78 is 6.02. The van der Waals surface area contributed by atoms with Crippen molar-refractivity contribution in [1.82, 2.24) is 0 Å². The van der Waals surface area contributed by atoms with Gasteiger partial charge in [0.25, 0.3) is 17.7 Å². The van der Waals surface area contributed by atoms with Gasteiger partial charge in [0.15, 0.2) is 0 Å². The molecule has 0 aliphatic rings. The molecule has 5 aromatic carbocycles. The molecule has 0 bridgehead atoms. The van der Waals surface area contributed by atoms with Gasteiger partial charge in [-0.1, -0.05) is 81.7 Å². The second kappa shape index (κ2) is 15.3. The summed E-state index contributed by atoms with van der Waals surface area (Å²) in [5, 5.41) is 10.1. The maximum absolute atomic E-state index is 13.3. The van der Waals surface area contributed by atoms with Crippen molar-refractivity contribution < 1.29 is 19.1 Å². The Bertz CT molecular complexity index is 1940. The minimum Gasteiger partial charge on any atom is -0.489 e. The standard InChI is InChI=1S/C34H21Cl6N3O4/c35-26-7-4-22(14-29(26)38)41-32(44)19-3-1-2-18(10-19)17-47-25-12-20(33(45)42-23-5-8-27(36)30(39)15-23)11-21(13-25)34(46)43-24-6-9-28(37)31(40)16-24/h1-16H,17H2,(H,41,44)(H,42,45)(H,43,46). The number of carbonyl (C=O) groups is 3. The predicted octanol–water partition coefficient (Wildman–Crippen LogP) is 10.9. The highest BCUT2D eigenvalue weighted by atomic mass is 35.5. The summed E-state index contributed by atoms with van der Waals surface area (Å²) in [6.45, 7) is 0.0135. The molecule has 238 valence electrons. The molecule has 5 aromatic rings. The van der Waals surface area contributed by atoms with Gasteiger partial charge in [0.1, 0.15) is 12.4 Å². The van der Waals surface area contributed by atoms with Crippen molar-refractivity contribution in [2.75, 3.05) is 16.0 Å². The van der Waals surface area contributed by atoms with Crippen LogP contribution in [0.4, 0.5) is 17.1 Å². The number of hydrogen-bond acceptors (Lipinski definition) is 4. The van der Waals surface area contributed by atoms with Crippen LogP contribution in [-0.4, -0.2) is 17.7 Å². The SMILES string of the molecule is O=C(Nc1ccc(Cl)c(Cl)c1)c1cccc(COc2cc(C(=O)Nc3ccc(Cl)c(Cl)c3)cc(C(=O)Nc3ccc(Cl)c(Cl)c3)c2)c1. The molecule has 3 amide bonds. The van der Waals surface area contributed by atoms with E-state index in [1.165, 1.54) is 30.3 Å². The molecular formula is C34H21Cl6N3O4. The topological polar surface area (TPSA) is 96.5 Å². The molecule has 3 N–H and O–H groups in total. The molecule has 7 nitrogen and oxygen atoms in total. The second-order valence-electron chi connectivity index (χ2n) is 9.98. The summed E-state index contributed by atoms with van der Waals surface area (Å²) in [6, 6.07) is 25.3. The molecule has 0 heterocycles. The predicted molar refractivity (Wildman–Crippen MR) is 190 cm³/mol. The number of benzene rings is 5. The lowest BCUT2D eigenvalue weighted by Crippen LogP contribution is -2.16. The zero-order chi connectivity index (χ0) is 33.7. The third kappa shape index (κ3) is 9.11. The van der Waals surface area contributed by atoms with Crippen molar-refractivity contribution in [3.05, 3.63) is 149 Å². The summed E-state index contributed by atoms with van der Waals surface area (Å²) in [4.78, 5) is 39.5. The van der Waals surface area contributed by atoms with Crippen molar-refractivity contribution >= 4 is 104 Å². The zero-order valence-electron chi connectivity index (χ0n) is 23.8. The van der Waals surface area contributed by atoms with Gasteiger partial charge in [-0.25, -0.2) is 0 Å². The molecule has 5 rings (SSSR count). The Balaban J connectivity index is 1.37. The number of nitrogens with one attached hydrogen (secondary N) is 3. The molecule has 0 unspecified atom stereocenters. The highest BCUT2D eigenvalue weighted by molar-refractivity contribution is 6.43. The van der Waals surface area contributed by atoms with Gasteiger partial charge in [0.2, 0.25) is 0 Å². The first-order valence-corrected chi connectivity index (χ1v) is 15.9. The molecule has 0 aliphatic carbocycles. The quantitative estimate of drug-likeness (QED) is 0.140. The average Bonchev–Trinajstić information content (AvgIpc) is 3.05. The zero-order valence-corrected chi connectivity index (χ0v) is 28.4. The van der Waals surface area contributed by atoms with E-state index in [4.69, 9.17) is 74.3 Å². The van der Waals surface area contributed by atoms with Gasteiger partial charge < -0.3 is 20.7 Å². The summed E-state index contributed by atoms with van der Waals surface area (Å²) in [6.07, 6.45) is 0. The maximum atomic E-state index is 13.3. The van der Waals surface area contributed by atoms with Crippen molar-refractivity contribution in [3.63, 3.8) is 0 Å². The lowest BCUT2D eigenvalue weighted by atomic mass is 10.1. The molecule has 13 heteroatoms. The summed E-state index contributed by atoms with van der Waals surface area (Å²) in [5.41, 5.74) is 2.55. The maximum Gasteiger partial charge on any atom is 0.255 e. The third-order valence-electron chi connectivity index (χ3n) is 6.56. The van der Waals surface area contributed by atoms with Crippen LogP contribution in [0.1, 0.15) is 36.6 Å². The smallest absolute Gasteiger partial charge is 0.255 e. The Morgan fingerprint density at radius 2 is 0.894 bits per heavy atom. The van der Waals surface area contributed by atoms with Gasteiger partial charge in [-0.05, 0) is 90.5 Å². The molecule has 0 radical (unpaired) electrons. The molecule has 0 aromatic heterocycles. The van der Waals surface area contributed by atoms with E-state index in [-0.39, 0.29) is 39.4 Å². The molecular weight excluding hydrogens is 727 g/mol. The summed E-state index contributed by atoms with van der Waals surface area (Å²) in [5.74, 6) is -1.21. The molecule has 0 spiro atoms. The molecule has 0 aliphatic heterocycles. The third-order valence-corrected chi connectivity index (χ3v) is 8.78. The van der Waals surface area contributed by atoms with Gasteiger partial charge in [-0.2, -0.15) is 0 Å². The molecule has 0 saturated heterocycles. The van der Waals surface area contributed by atoms with Gasteiger partial charge in [-0.3, -0.25) is 14.4 Å². The number of amides is 3. The first kappa shape index (κ1) is 34.4. The van der Waals surface area contributed by atoms with E-state index in [1.807, 2.05) is 0 Å². The number of hydrogen-bond donors (Lipinski definition) is 3. The first-order valence-electron chi connectivity index (χ1n) is 13.6. The number of ether oxygens (including phenoxy) is 1. The molecule has 0 saturated carbocycles. The minimum atomic E-state index is -0.529. The summed E-state index contributed by atoms with van der Waals surface area (Å²) in [7, 11) is 0. The van der Waals surface area contributed by atoms with E-state index in [0.29, 0.717) is 48.3 Å². The van der Waals surface area contributed by atoms with Gasteiger partial charge in [0, 0.05) is 33.8 Å². The van der Waals surface area contributed by atoms with E-state index in [1.54, 1.807) is 66.7 Å². The molecule has 0 fully saturated rings. The van der Waals surface area contributed by atoms with Crippen LogP contribution >= 0.6 is 69.6 Å². The van der Waals surface area contributed by atoms with Crippen LogP contribution in [-0.2, 0) is 6.61 Å². The highest BCUT2D eigenvalue weighted by Gasteiger charge is 2.16. The summed E-state index contributed by atoms with van der Waals surface area (Å²) >= 11 is 36.2. The first-order chi connectivity index (χ1) is 22.4. The van der Waals surface area contributed by atoms with E-state index < -0.39 is 11.8 Å². The van der Waals surface area contributed by atoms with Crippen LogP contribution in [0.15, 0.2) is 97.1 Å². The van der Waals surface area contributed by atoms with Crippen molar-refractivity contribution in [1.29, 1.82) is 0 Å². The van der Waals surface area contributed by atoms with Crippen LogP contribution in [0.5, 0.6) is 5.75 Å². The van der Waals surface area contributed by atoms with Crippen molar-refractivity contribution in [3.8, 4) is 5.75 Å². The monoisotopic (exact) mass is 745 g/mol. The van der Waals surface area contributed by atoms with E-state index >= 15 is 0 Å². The number of carbonyl (C=O) groups excluding carboxylic acids is 3. The number of halogens is 6. The number of anilines is 3. The Morgan fingerprint density at radius 3 is 1.32 bits per heavy atom. The van der Waals surface area contributed by atoms with Crippen LogP contribution in [0.3, 0.4) is 0 Å². The van der Waals surface area contributed by atoms with E-state index in [0.717, 1.165) is 0 Å². The Labute approximate surface area is 299 Å². The van der Waals surface area contributed by atoms with Crippen LogP contribution in [0.25, 0.3) is 0 Å². The fraction of sp³-hybridized carbons (Fsp3) is 0.0294. The van der Waals surface area contributed by atoms with Gasteiger partial charge in [0.05, 0.1) is 30.1 Å². The van der Waals surface area contributed by atoms with Gasteiger partial charge in [-0.15, -0.1) is 0 Å². The Hall–Kier alpha value is -3.95. The lowest BCUT2D eigenvalue weighted by molar-refractivity contribution is 0.101. The fourth-order valence-electron chi connectivity index (χ4n) is 4.25. The van der Waals surface area contributed by atoms with Crippen LogP contribution in [0.2, 0.25) is 30.1 Å². The number of rotatable bonds is 9. The van der Waals surface area contributed by atoms with E-state index in [2.05, 4.69) is 16.0 Å². The molecule has 47 heavy (non-hydrogen) atoms. The largest absolute Gasteiger partial charge is 0.489 e. The van der Waals surface area contributed by atoms with Crippen molar-refractivity contribution in [2.24, 2.45) is 0 Å². The van der Waals surface area contributed by atoms with E-state index in [9.17, 15) is 14.4 Å². The van der Waals surface area contributed by atoms with Gasteiger partial charge >= 0.3 is 0 Å². The normalized spacial score (nSPS) is 10.7. The second-order valence-corrected chi connectivity index (χ2v) is 12.4. The lowest BCUT2D eigenvalue weighted by Gasteiger charge is -2.13. The van der Waals surface area contributed by atoms with Crippen LogP contribution < -0.4 is 20.7 Å². The minimum absolute atomic E-state index is 0.0135. The van der Waals surface area contributed by atoms with Crippen molar-refractivity contribution in [2.45, 2.75) is 6.61 Å². The van der Waals surface area contributed by atoms with Crippen LogP contribution in [0, 0.1) is 0 Å². The Kier molecular flexibility index (Phi) is 11.2.